The maximum Gasteiger partial charge on any atom is 0.331 e. The van der Waals surface area contributed by atoms with Gasteiger partial charge < -0.3 is 14.8 Å². The van der Waals surface area contributed by atoms with E-state index in [2.05, 4.69) is 10.1 Å². The second-order valence-electron chi connectivity index (χ2n) is 4.52. The zero-order chi connectivity index (χ0) is 16.5. The van der Waals surface area contributed by atoms with Gasteiger partial charge in [-0.15, -0.1) is 0 Å². The average molecular weight is 305 g/mol. The van der Waals surface area contributed by atoms with Gasteiger partial charge in [0.05, 0.1) is 6.61 Å². The molecule has 0 spiro atoms. The zero-order valence-corrected chi connectivity index (χ0v) is 12.8. The summed E-state index contributed by atoms with van der Waals surface area (Å²) in [5, 5.41) is 2.64. The summed E-state index contributed by atoms with van der Waals surface area (Å²) in [6.45, 7) is 5.22. The largest absolute Gasteiger partial charge is 0.463 e. The third kappa shape index (κ3) is 6.21. The number of carbonyl (C=O) groups is 3. The summed E-state index contributed by atoms with van der Waals surface area (Å²) in [7, 11) is 0. The van der Waals surface area contributed by atoms with E-state index in [9.17, 15) is 14.4 Å². The van der Waals surface area contributed by atoms with E-state index in [-0.39, 0.29) is 6.61 Å². The molecule has 0 fully saturated rings. The Labute approximate surface area is 129 Å². The van der Waals surface area contributed by atoms with Crippen molar-refractivity contribution in [3.05, 3.63) is 42.0 Å². The molecule has 6 heteroatoms. The van der Waals surface area contributed by atoms with Crippen molar-refractivity contribution in [2.24, 2.45) is 0 Å². The predicted octanol–water partition coefficient (Wildman–Crippen LogP) is 1.98. The third-order valence-electron chi connectivity index (χ3n) is 2.59. The number of ether oxygens (including phenoxy) is 2. The van der Waals surface area contributed by atoms with E-state index in [4.69, 9.17) is 4.74 Å². The topological polar surface area (TPSA) is 81.7 Å². The van der Waals surface area contributed by atoms with Gasteiger partial charge in [0.2, 0.25) is 0 Å². The zero-order valence-electron chi connectivity index (χ0n) is 12.8. The minimum atomic E-state index is -0.986. The fraction of sp³-hybridized carbons (Fsp3) is 0.312. The van der Waals surface area contributed by atoms with Gasteiger partial charge in [-0.3, -0.25) is 4.79 Å². The van der Waals surface area contributed by atoms with Crippen LogP contribution >= 0.6 is 0 Å². The number of anilines is 1. The van der Waals surface area contributed by atoms with E-state index >= 15 is 0 Å². The monoisotopic (exact) mass is 305 g/mol. The standard InChI is InChI=1S/C16H19NO5/c1-4-21-14(18)8-9-15(19)22-12(3)16(20)17-13-7-5-6-11(2)10-13/h5-10,12H,4H2,1-3H3,(H,17,20)/b9-8+. The number of hydrogen-bond acceptors (Lipinski definition) is 5. The number of rotatable bonds is 6. The number of aryl methyl sites for hydroxylation is 1. The molecule has 1 amide bonds. The molecule has 1 aromatic carbocycles. The Hall–Kier alpha value is -2.63. The molecule has 6 nitrogen and oxygen atoms in total. The Balaban J connectivity index is 2.50. The molecule has 0 radical (unpaired) electrons. The first-order chi connectivity index (χ1) is 10.4. The fourth-order valence-electron chi connectivity index (χ4n) is 1.56. The molecule has 1 aromatic rings. The van der Waals surface area contributed by atoms with Crippen molar-refractivity contribution >= 4 is 23.5 Å². The fourth-order valence-corrected chi connectivity index (χ4v) is 1.56. The van der Waals surface area contributed by atoms with E-state index in [1.165, 1.54) is 6.92 Å². The molecule has 1 rings (SSSR count). The van der Waals surface area contributed by atoms with E-state index in [1.54, 1.807) is 19.1 Å². The van der Waals surface area contributed by atoms with Gasteiger partial charge in [-0.1, -0.05) is 12.1 Å². The van der Waals surface area contributed by atoms with Gasteiger partial charge in [0.15, 0.2) is 6.10 Å². The van der Waals surface area contributed by atoms with Gasteiger partial charge in [-0.25, -0.2) is 9.59 Å². The van der Waals surface area contributed by atoms with Gasteiger partial charge in [0.1, 0.15) is 0 Å². The van der Waals surface area contributed by atoms with Crippen molar-refractivity contribution < 1.29 is 23.9 Å². The van der Waals surface area contributed by atoms with Crippen LogP contribution < -0.4 is 5.32 Å². The molecule has 1 N–H and O–H groups in total. The molecule has 0 bridgehead atoms. The van der Waals surface area contributed by atoms with Crippen molar-refractivity contribution in [3.8, 4) is 0 Å². The Morgan fingerprint density at radius 2 is 1.91 bits per heavy atom. The molecule has 22 heavy (non-hydrogen) atoms. The van der Waals surface area contributed by atoms with Crippen LogP contribution in [-0.4, -0.2) is 30.6 Å². The van der Waals surface area contributed by atoms with Gasteiger partial charge in [0.25, 0.3) is 5.91 Å². The van der Waals surface area contributed by atoms with Crippen LogP contribution in [0.25, 0.3) is 0 Å². The Bertz CT molecular complexity index is 580. The smallest absolute Gasteiger partial charge is 0.331 e. The van der Waals surface area contributed by atoms with Crippen molar-refractivity contribution in [1.29, 1.82) is 0 Å². The van der Waals surface area contributed by atoms with Gasteiger partial charge in [0, 0.05) is 17.8 Å². The first-order valence-electron chi connectivity index (χ1n) is 6.85. The predicted molar refractivity (Wildman–Crippen MR) is 81.1 cm³/mol. The third-order valence-corrected chi connectivity index (χ3v) is 2.59. The number of carbonyl (C=O) groups excluding carboxylic acids is 3. The highest BCUT2D eigenvalue weighted by Crippen LogP contribution is 2.10. The summed E-state index contributed by atoms with van der Waals surface area (Å²) in [4.78, 5) is 34.4. The summed E-state index contributed by atoms with van der Waals surface area (Å²) >= 11 is 0. The highest BCUT2D eigenvalue weighted by molar-refractivity contribution is 5.97. The SMILES string of the molecule is CCOC(=O)/C=C/C(=O)OC(C)C(=O)Nc1cccc(C)c1. The first-order valence-corrected chi connectivity index (χ1v) is 6.85. The van der Waals surface area contributed by atoms with Gasteiger partial charge in [-0.2, -0.15) is 0 Å². The molecule has 0 aromatic heterocycles. The van der Waals surface area contributed by atoms with Gasteiger partial charge >= 0.3 is 11.9 Å². The molecule has 1 unspecified atom stereocenters. The van der Waals surface area contributed by atoms with E-state index < -0.39 is 23.9 Å². The van der Waals surface area contributed by atoms with Crippen molar-refractivity contribution in [1.82, 2.24) is 0 Å². The van der Waals surface area contributed by atoms with Crippen molar-refractivity contribution in [2.75, 3.05) is 11.9 Å². The van der Waals surface area contributed by atoms with Crippen LogP contribution in [0.2, 0.25) is 0 Å². The van der Waals surface area contributed by atoms with Crippen LogP contribution in [0.15, 0.2) is 36.4 Å². The molecule has 0 aliphatic heterocycles. The van der Waals surface area contributed by atoms with Crippen LogP contribution in [0.1, 0.15) is 19.4 Å². The van der Waals surface area contributed by atoms with Crippen molar-refractivity contribution in [3.63, 3.8) is 0 Å². The number of hydrogen-bond donors (Lipinski definition) is 1. The highest BCUT2D eigenvalue weighted by Gasteiger charge is 2.16. The van der Waals surface area contributed by atoms with Gasteiger partial charge in [-0.05, 0) is 38.5 Å². The molecule has 0 saturated heterocycles. The molecule has 0 heterocycles. The first kappa shape index (κ1) is 17.4. The minimum absolute atomic E-state index is 0.216. The van der Waals surface area contributed by atoms with Crippen LogP contribution in [0, 0.1) is 6.92 Å². The lowest BCUT2D eigenvalue weighted by Crippen LogP contribution is -2.29. The van der Waals surface area contributed by atoms with Crippen LogP contribution in [0.5, 0.6) is 0 Å². The number of benzene rings is 1. The lowest BCUT2D eigenvalue weighted by Gasteiger charge is -2.12. The molecule has 0 aliphatic carbocycles. The molecule has 118 valence electrons. The summed E-state index contributed by atoms with van der Waals surface area (Å²) in [6.07, 6.45) is 0.894. The number of amides is 1. The molecule has 0 aliphatic rings. The van der Waals surface area contributed by atoms with E-state index in [0.29, 0.717) is 5.69 Å². The lowest BCUT2D eigenvalue weighted by atomic mass is 10.2. The lowest BCUT2D eigenvalue weighted by molar-refractivity contribution is -0.148. The quantitative estimate of drug-likeness (QED) is 0.642. The normalized spacial score (nSPS) is 11.8. The summed E-state index contributed by atoms with van der Waals surface area (Å²) < 4.78 is 9.52. The Morgan fingerprint density at radius 1 is 1.23 bits per heavy atom. The van der Waals surface area contributed by atoms with Crippen LogP contribution in [-0.2, 0) is 23.9 Å². The average Bonchev–Trinajstić information content (AvgIpc) is 2.45. The second-order valence-corrected chi connectivity index (χ2v) is 4.52. The Kier molecular flexibility index (Phi) is 6.82. The van der Waals surface area contributed by atoms with E-state index in [0.717, 1.165) is 17.7 Å². The maximum atomic E-state index is 11.9. The second kappa shape index (κ2) is 8.61. The molecule has 0 saturated carbocycles. The molecule has 1 atom stereocenters. The Morgan fingerprint density at radius 3 is 2.55 bits per heavy atom. The summed E-state index contributed by atoms with van der Waals surface area (Å²) in [5.41, 5.74) is 1.62. The molecular formula is C16H19NO5. The maximum absolute atomic E-state index is 11.9. The minimum Gasteiger partial charge on any atom is -0.463 e. The number of esters is 2. The summed E-state index contributed by atoms with van der Waals surface area (Å²) in [5.74, 6) is -1.89. The van der Waals surface area contributed by atoms with Crippen molar-refractivity contribution in [2.45, 2.75) is 26.9 Å². The van der Waals surface area contributed by atoms with Crippen LogP contribution in [0.4, 0.5) is 5.69 Å². The van der Waals surface area contributed by atoms with Crippen LogP contribution in [0.3, 0.4) is 0 Å². The molecular weight excluding hydrogens is 286 g/mol. The number of nitrogens with one attached hydrogen (secondary N) is 1. The summed E-state index contributed by atoms with van der Waals surface area (Å²) in [6, 6.07) is 7.25. The van der Waals surface area contributed by atoms with E-state index in [1.807, 2.05) is 19.1 Å². The highest BCUT2D eigenvalue weighted by atomic mass is 16.5.